The number of aromatic carboxylic acids is 1. The van der Waals surface area contributed by atoms with Gasteiger partial charge in [0.1, 0.15) is 6.10 Å². The number of benzene rings is 8. The molecule has 117 heavy (non-hydrogen) atoms. The van der Waals surface area contributed by atoms with E-state index in [2.05, 4.69) is 161 Å². The Hall–Kier alpha value is -10.8. The molecular weight excluding hydrogens is 1570 g/mol. The maximum absolute atomic E-state index is 13.5. The minimum absolute atomic E-state index is 0.0110. The van der Waals surface area contributed by atoms with Crippen molar-refractivity contribution in [2.24, 2.45) is 0 Å². The van der Waals surface area contributed by atoms with Gasteiger partial charge in [-0.2, -0.15) is 21.0 Å². The van der Waals surface area contributed by atoms with Crippen LogP contribution in [0.5, 0.6) is 0 Å². The van der Waals surface area contributed by atoms with Gasteiger partial charge in [-0.05, 0) is 239 Å². The van der Waals surface area contributed by atoms with Crippen molar-refractivity contribution < 1.29 is 48.6 Å². The number of ketones is 4. The smallest absolute Gasteiger partial charge is 0.478 e. The molecule has 8 aromatic rings. The van der Waals surface area contributed by atoms with Gasteiger partial charge in [-0.15, -0.1) is 6.58 Å². The predicted molar refractivity (Wildman–Crippen MR) is 466 cm³/mol. The van der Waals surface area contributed by atoms with Crippen molar-refractivity contribution in [2.45, 2.75) is 223 Å². The van der Waals surface area contributed by atoms with E-state index >= 15 is 0 Å². The van der Waals surface area contributed by atoms with Gasteiger partial charge in [-0.1, -0.05) is 138 Å². The van der Waals surface area contributed by atoms with Crippen LogP contribution in [0, 0.1) is 48.9 Å². The van der Waals surface area contributed by atoms with Crippen LogP contribution < -0.4 is 21.3 Å². The summed E-state index contributed by atoms with van der Waals surface area (Å²) in [6.07, 6.45) is 3.93. The third-order valence-corrected chi connectivity index (χ3v) is 27.7. The Morgan fingerprint density at radius 1 is 0.470 bits per heavy atom. The summed E-state index contributed by atoms with van der Waals surface area (Å²) in [5.74, 6) is 0.116. The average Bonchev–Trinajstić information content (AvgIpc) is 1.65. The summed E-state index contributed by atoms with van der Waals surface area (Å²) < 4.78 is 12.4. The van der Waals surface area contributed by atoms with Crippen molar-refractivity contribution in [1.82, 2.24) is 0 Å². The number of hydrogen-bond acceptors (Lipinski definition) is 17. The first kappa shape index (κ1) is 84.1. The predicted octanol–water partition coefficient (Wildman–Crippen LogP) is 18.5. The molecule has 9 atom stereocenters. The van der Waals surface area contributed by atoms with E-state index in [1.807, 2.05) is 116 Å². The Labute approximate surface area is 700 Å². The maximum Gasteiger partial charge on any atom is 0.486 e. The monoisotopic (exact) mass is 1670 g/mol. The maximum atomic E-state index is 13.5. The zero-order valence-electron chi connectivity index (χ0n) is 69.3. The number of carboxylic acid groups (broad SMARTS) is 1. The third-order valence-electron chi connectivity index (χ3n) is 26.7. The Morgan fingerprint density at radius 2 is 0.778 bits per heavy atom. The number of aryl methyl sites for hydroxylation is 4. The summed E-state index contributed by atoms with van der Waals surface area (Å²) in [4.78, 5) is 65.4. The van der Waals surface area contributed by atoms with Gasteiger partial charge in [0.15, 0.2) is 23.1 Å². The van der Waals surface area contributed by atoms with E-state index in [1.165, 1.54) is 9.13 Å². The van der Waals surface area contributed by atoms with Gasteiger partial charge in [0, 0.05) is 94.4 Å². The normalized spacial score (nSPS) is 22.5. The fourth-order valence-corrected chi connectivity index (χ4v) is 20.0. The summed E-state index contributed by atoms with van der Waals surface area (Å²) in [6.45, 7) is 40.5. The molecule has 0 amide bonds. The molecular formula is C97H100BIN8O10. The molecule has 0 bridgehead atoms. The number of carboxylic acids is 1. The number of aliphatic hydroxyl groups is 2. The minimum Gasteiger partial charge on any atom is -0.478 e. The Bertz CT molecular complexity index is 5710. The summed E-state index contributed by atoms with van der Waals surface area (Å²) in [5, 5.41) is 80.0. The molecule has 5 aliphatic heterocycles. The number of carbonyl (C=O) groups is 5. The zero-order chi connectivity index (χ0) is 85.0. The number of carbonyl (C=O) groups excluding carboxylic acids is 4. The van der Waals surface area contributed by atoms with Crippen LogP contribution in [-0.4, -0.2) is 93.5 Å². The van der Waals surface area contributed by atoms with E-state index in [9.17, 15) is 49.8 Å². The molecule has 5 heterocycles. The second-order valence-corrected chi connectivity index (χ2v) is 36.3. The van der Waals surface area contributed by atoms with Crippen molar-refractivity contribution >= 4 is 87.6 Å². The van der Waals surface area contributed by atoms with Gasteiger partial charge in [-0.25, -0.2) is 4.79 Å². The molecule has 598 valence electrons. The highest BCUT2D eigenvalue weighted by Crippen LogP contribution is 2.57. The number of anilines is 4. The molecule has 8 unspecified atom stereocenters. The standard InChI is InChI=1S/C23H24N2O3.C23H22N2O.C22H20N2O3.C21H19IN2O.C8H15BO2/c1-4-13-8-16-17(9-15(13)19(27)11-26)23(2,3)22-20(21(16)28)14-6-5-12(10-24)7-18(14)25-22;1-5-14-10-17-18(11-15(14)6-2)23(3,4)22-20(21(17)26)16-8-7-13(12-24)9-19(16)25-22;1-4-12-8-15-16(9-14(12)21(26)27)22(2,3)20-18(19(15)25)13-6-5-11(10-23)7-17(13)24-20;1-4-12-8-14-15(9-16(12)22)21(2,3)20-18(19(14)25)13-6-5-11(10-23)7-17(13)24-20;1-6-9-10-7(2,3)8(4,5)11-9/h5-9,19-20,22,25-27H,4,11H2,1-3H3;6-11,20,22,25H,2,5H2,1,3-4H3;5-9,18,20,24H,4H2,1-3H3,(H,26,27);5-9,18,20,24H,4H2,1-3H3;6H,1H2,2-5H3/t19-,20?,22?;;;;/m0..../s1. The van der Waals surface area contributed by atoms with E-state index in [0.29, 0.717) is 57.3 Å². The number of halogens is 1. The largest absolute Gasteiger partial charge is 0.486 e. The van der Waals surface area contributed by atoms with E-state index in [-0.39, 0.29) is 118 Å². The number of fused-ring (bicyclic) bond motifs is 16. The van der Waals surface area contributed by atoms with Crippen LogP contribution in [0.15, 0.2) is 140 Å². The molecule has 1 fully saturated rings. The minimum atomic E-state index is -0.971. The number of rotatable bonds is 9. The van der Waals surface area contributed by atoms with Gasteiger partial charge in [-0.3, -0.25) is 19.2 Å². The second-order valence-electron chi connectivity index (χ2n) is 35.1. The first-order valence-electron chi connectivity index (χ1n) is 40.2. The van der Waals surface area contributed by atoms with Gasteiger partial charge >= 0.3 is 13.1 Å². The molecule has 18 nitrogen and oxygen atoms in total. The quantitative estimate of drug-likeness (QED) is 0.0522. The Balaban J connectivity index is 0.000000130. The van der Waals surface area contributed by atoms with Gasteiger partial charge in [0.25, 0.3) is 0 Å². The number of nitriles is 4. The van der Waals surface area contributed by atoms with E-state index in [0.717, 1.165) is 108 Å². The first-order valence-corrected chi connectivity index (χ1v) is 41.3. The van der Waals surface area contributed by atoms with Crippen LogP contribution in [0.2, 0.25) is 0 Å². The molecule has 1 saturated heterocycles. The van der Waals surface area contributed by atoms with Gasteiger partial charge in [0.2, 0.25) is 0 Å². The molecule has 9 aliphatic rings. The van der Waals surface area contributed by atoms with Crippen LogP contribution >= 0.6 is 22.6 Å². The molecule has 8 aromatic carbocycles. The first-order chi connectivity index (χ1) is 55.3. The lowest BCUT2D eigenvalue weighted by Crippen LogP contribution is -2.48. The van der Waals surface area contributed by atoms with Crippen molar-refractivity contribution in [3.63, 3.8) is 0 Å². The van der Waals surface area contributed by atoms with Crippen molar-refractivity contribution in [2.75, 3.05) is 27.9 Å². The lowest BCUT2D eigenvalue weighted by atomic mass is 9.63. The topological polar surface area (TPSA) is 308 Å². The van der Waals surface area contributed by atoms with Gasteiger partial charge in [0.05, 0.1) is 93.6 Å². The van der Waals surface area contributed by atoms with Crippen LogP contribution in [0.3, 0.4) is 0 Å². The molecule has 4 aliphatic carbocycles. The molecule has 20 heteroatoms. The highest BCUT2D eigenvalue weighted by Gasteiger charge is 2.57. The Kier molecular flexibility index (Phi) is 22.5. The molecule has 0 spiro atoms. The molecule has 0 saturated carbocycles. The van der Waals surface area contributed by atoms with Crippen molar-refractivity contribution in [3.8, 4) is 24.3 Å². The SMILES string of the molecule is C=CB1OC(C)(C)C(C)(C)O1.C=Cc1cc2c(cc1CC)C(=O)C1c3ccc(C#N)cc3NC1C2(C)C.CCc1cc2c(cc1C(=O)O)C(C)(C)C1Nc3cc(C#N)ccc3C1C2=O.CCc1cc2c(cc1I)C(C)(C)C1Nc3cc(C#N)ccc3C1C2=O.CCc1cc2c(cc1[C@@H](O)CO)C(C)(C)C1Nc3cc(C#N)ccc3C1C2=O. The highest BCUT2D eigenvalue weighted by molar-refractivity contribution is 14.1. The average molecular weight is 1680 g/mol. The number of aliphatic hydroxyl groups excluding tert-OH is 2. The fraction of sp³-hybridized carbons (Fsp3) is 0.371. The highest BCUT2D eigenvalue weighted by atomic mass is 127. The van der Waals surface area contributed by atoms with Crippen molar-refractivity contribution in [3.05, 3.63) is 272 Å². The molecule has 17 rings (SSSR count). The number of nitrogens with one attached hydrogen (secondary N) is 4. The lowest BCUT2D eigenvalue weighted by Gasteiger charge is -2.42. The number of Topliss-reactive ketones (excluding diaryl/α,β-unsaturated/α-hetero) is 4. The zero-order valence-corrected chi connectivity index (χ0v) is 71.4. The summed E-state index contributed by atoms with van der Waals surface area (Å²) in [6, 6.07) is 46.1. The number of nitrogens with zero attached hydrogens (tertiary/aromatic N) is 4. The molecule has 0 radical (unpaired) electrons. The molecule has 0 aromatic heterocycles. The van der Waals surface area contributed by atoms with Crippen LogP contribution in [0.1, 0.15) is 292 Å². The number of hydrogen-bond donors (Lipinski definition) is 7. The van der Waals surface area contributed by atoms with E-state index in [1.54, 1.807) is 48.4 Å². The van der Waals surface area contributed by atoms with Crippen LogP contribution in [-0.2, 0) is 56.7 Å². The molecule has 7 N–H and O–H groups in total. The summed E-state index contributed by atoms with van der Waals surface area (Å²) in [7, 11) is -0.250. The van der Waals surface area contributed by atoms with E-state index in [4.69, 9.17) is 19.8 Å². The lowest BCUT2D eigenvalue weighted by molar-refractivity contribution is 0.00578. The summed E-state index contributed by atoms with van der Waals surface area (Å²) >= 11 is 2.37. The third kappa shape index (κ3) is 14.1. The van der Waals surface area contributed by atoms with E-state index < -0.39 is 17.5 Å². The van der Waals surface area contributed by atoms with Crippen LogP contribution in [0.4, 0.5) is 22.7 Å². The Morgan fingerprint density at radius 3 is 1.08 bits per heavy atom. The second kappa shape index (κ2) is 31.2. The van der Waals surface area contributed by atoms with Crippen LogP contribution in [0.25, 0.3) is 6.08 Å². The summed E-state index contributed by atoms with van der Waals surface area (Å²) in [5.41, 5.74) is 20.9. The fourth-order valence-electron chi connectivity index (χ4n) is 19.2. The van der Waals surface area contributed by atoms with Gasteiger partial charge < -0.3 is 45.9 Å². The van der Waals surface area contributed by atoms with Crippen molar-refractivity contribution in [1.29, 1.82) is 21.0 Å².